The largest absolute Gasteiger partial charge is 0.476 e. The molecule has 12 heavy (non-hydrogen) atoms. The number of halogens is 1. The predicted molar refractivity (Wildman–Crippen MR) is 46.7 cm³/mol. The maximum absolute atomic E-state index is 10.3. The average Bonchev–Trinajstić information content (AvgIpc) is 2.37. The highest BCUT2D eigenvalue weighted by Gasteiger charge is 2.05. The van der Waals surface area contributed by atoms with Gasteiger partial charge >= 0.3 is 5.97 Å². The molecule has 0 fully saturated rings. The molecule has 66 valence electrons. The molecule has 0 radical (unpaired) electrons. The first-order valence-corrected chi connectivity index (χ1v) is 3.12. The Hall–Kier alpha value is -1.29. The topological polar surface area (TPSA) is 66.0 Å². The summed E-state index contributed by atoms with van der Waals surface area (Å²) in [6.07, 6.45) is 2.29. The number of aromatic nitrogens is 2. The number of aromatic amines is 1. The second-order valence-corrected chi connectivity index (χ2v) is 2.08. The third kappa shape index (κ3) is 2.39. The molecule has 0 aliphatic heterocycles. The van der Waals surface area contributed by atoms with E-state index in [1.807, 2.05) is 0 Å². The van der Waals surface area contributed by atoms with E-state index in [2.05, 4.69) is 16.8 Å². The fourth-order valence-corrected chi connectivity index (χ4v) is 0.731. The van der Waals surface area contributed by atoms with Gasteiger partial charge in [-0.3, -0.25) is 5.10 Å². The van der Waals surface area contributed by atoms with E-state index in [0.29, 0.717) is 6.42 Å². The SMILES string of the molecule is C=CCc1cc(C(=O)O)n[nH]1.Cl. The van der Waals surface area contributed by atoms with E-state index >= 15 is 0 Å². The summed E-state index contributed by atoms with van der Waals surface area (Å²) in [4.78, 5) is 10.3. The molecule has 2 N–H and O–H groups in total. The van der Waals surface area contributed by atoms with Gasteiger partial charge in [-0.05, 0) is 6.07 Å². The predicted octanol–water partition coefficient (Wildman–Crippen LogP) is 1.26. The Morgan fingerprint density at radius 3 is 2.92 bits per heavy atom. The molecule has 0 amide bonds. The van der Waals surface area contributed by atoms with Crippen LogP contribution in [0.2, 0.25) is 0 Å². The summed E-state index contributed by atoms with van der Waals surface area (Å²) in [5.41, 5.74) is 0.805. The summed E-state index contributed by atoms with van der Waals surface area (Å²) in [7, 11) is 0. The van der Waals surface area contributed by atoms with E-state index in [-0.39, 0.29) is 18.1 Å². The first kappa shape index (κ1) is 10.7. The maximum atomic E-state index is 10.3. The summed E-state index contributed by atoms with van der Waals surface area (Å²) in [5, 5.41) is 14.6. The van der Waals surface area contributed by atoms with Crippen LogP contribution in [-0.4, -0.2) is 21.3 Å². The highest BCUT2D eigenvalue weighted by atomic mass is 35.5. The Morgan fingerprint density at radius 2 is 2.50 bits per heavy atom. The van der Waals surface area contributed by atoms with Gasteiger partial charge in [0.25, 0.3) is 0 Å². The normalized spacial score (nSPS) is 8.67. The van der Waals surface area contributed by atoms with Crippen LogP contribution in [-0.2, 0) is 6.42 Å². The number of allylic oxidation sites excluding steroid dienone is 1. The molecule has 0 atom stereocenters. The third-order valence-electron chi connectivity index (χ3n) is 1.21. The first-order valence-electron chi connectivity index (χ1n) is 3.12. The molecule has 0 aromatic carbocycles. The van der Waals surface area contributed by atoms with Crippen molar-refractivity contribution < 1.29 is 9.90 Å². The van der Waals surface area contributed by atoms with E-state index in [9.17, 15) is 4.79 Å². The van der Waals surface area contributed by atoms with Gasteiger partial charge in [-0.2, -0.15) is 5.10 Å². The molecule has 1 aromatic rings. The van der Waals surface area contributed by atoms with Gasteiger partial charge in [0.1, 0.15) is 0 Å². The van der Waals surface area contributed by atoms with Crippen molar-refractivity contribution in [1.82, 2.24) is 10.2 Å². The number of carbonyl (C=O) groups is 1. The van der Waals surface area contributed by atoms with E-state index in [1.165, 1.54) is 6.07 Å². The molecule has 1 heterocycles. The molecule has 5 heteroatoms. The molecular formula is C7H9ClN2O2. The zero-order chi connectivity index (χ0) is 8.27. The second kappa shape index (κ2) is 4.56. The van der Waals surface area contributed by atoms with E-state index in [1.54, 1.807) is 6.08 Å². The van der Waals surface area contributed by atoms with E-state index in [0.717, 1.165) is 5.69 Å². The van der Waals surface area contributed by atoms with Crippen LogP contribution < -0.4 is 0 Å². The van der Waals surface area contributed by atoms with Crippen molar-refractivity contribution in [3.8, 4) is 0 Å². The summed E-state index contributed by atoms with van der Waals surface area (Å²) >= 11 is 0. The van der Waals surface area contributed by atoms with Gasteiger partial charge in [0, 0.05) is 12.1 Å². The molecule has 1 rings (SSSR count). The smallest absolute Gasteiger partial charge is 0.356 e. The summed E-state index contributed by atoms with van der Waals surface area (Å²) in [5.74, 6) is -1.02. The Morgan fingerprint density at radius 1 is 1.83 bits per heavy atom. The third-order valence-corrected chi connectivity index (χ3v) is 1.21. The lowest BCUT2D eigenvalue weighted by molar-refractivity contribution is 0.0690. The number of aromatic carboxylic acids is 1. The van der Waals surface area contributed by atoms with Gasteiger partial charge in [-0.25, -0.2) is 4.79 Å². The van der Waals surface area contributed by atoms with Crippen LogP contribution in [0.5, 0.6) is 0 Å². The zero-order valence-electron chi connectivity index (χ0n) is 6.28. The molecule has 0 aliphatic carbocycles. The standard InChI is InChI=1S/C7H8N2O2.ClH/c1-2-3-5-4-6(7(10)11)9-8-5;/h2,4H,1,3H2,(H,8,9)(H,10,11);1H. The minimum Gasteiger partial charge on any atom is -0.476 e. The number of carboxylic acids is 1. The molecule has 1 aromatic heterocycles. The number of hydrogen-bond acceptors (Lipinski definition) is 2. The average molecular weight is 189 g/mol. The van der Waals surface area contributed by atoms with Gasteiger partial charge in [0.15, 0.2) is 5.69 Å². The van der Waals surface area contributed by atoms with Crippen molar-refractivity contribution >= 4 is 18.4 Å². The van der Waals surface area contributed by atoms with Crippen molar-refractivity contribution in [3.05, 3.63) is 30.1 Å². The van der Waals surface area contributed by atoms with Crippen LogP contribution in [0.1, 0.15) is 16.2 Å². The Bertz CT molecular complexity index is 283. The van der Waals surface area contributed by atoms with Crippen molar-refractivity contribution in [3.63, 3.8) is 0 Å². The van der Waals surface area contributed by atoms with E-state index in [4.69, 9.17) is 5.11 Å². The second-order valence-electron chi connectivity index (χ2n) is 2.08. The highest BCUT2D eigenvalue weighted by Crippen LogP contribution is 1.99. The van der Waals surface area contributed by atoms with Crippen LogP contribution in [0, 0.1) is 0 Å². The quantitative estimate of drug-likeness (QED) is 0.702. The van der Waals surface area contributed by atoms with Gasteiger partial charge in [0.05, 0.1) is 0 Å². The molecule has 4 nitrogen and oxygen atoms in total. The summed E-state index contributed by atoms with van der Waals surface area (Å²) in [6.45, 7) is 3.51. The lowest BCUT2D eigenvalue weighted by Crippen LogP contribution is -1.95. The lowest BCUT2D eigenvalue weighted by atomic mass is 10.3. The molecule has 0 spiro atoms. The van der Waals surface area contributed by atoms with Gasteiger partial charge in [-0.15, -0.1) is 19.0 Å². The van der Waals surface area contributed by atoms with Crippen LogP contribution in [0.3, 0.4) is 0 Å². The number of H-pyrrole nitrogens is 1. The van der Waals surface area contributed by atoms with Gasteiger partial charge in [0.2, 0.25) is 0 Å². The maximum Gasteiger partial charge on any atom is 0.356 e. The van der Waals surface area contributed by atoms with Crippen LogP contribution in [0.25, 0.3) is 0 Å². The number of hydrogen-bond donors (Lipinski definition) is 2. The van der Waals surface area contributed by atoms with E-state index < -0.39 is 5.97 Å². The van der Waals surface area contributed by atoms with Crippen molar-refractivity contribution in [2.24, 2.45) is 0 Å². The lowest BCUT2D eigenvalue weighted by Gasteiger charge is -1.82. The van der Waals surface area contributed by atoms with Crippen molar-refractivity contribution in [1.29, 1.82) is 0 Å². The van der Waals surface area contributed by atoms with Gasteiger partial charge in [-0.1, -0.05) is 6.08 Å². The summed E-state index contributed by atoms with van der Waals surface area (Å²) < 4.78 is 0. The number of nitrogens with one attached hydrogen (secondary N) is 1. The molecule has 0 saturated heterocycles. The molecule has 0 unspecified atom stereocenters. The van der Waals surface area contributed by atoms with Gasteiger partial charge < -0.3 is 5.11 Å². The Kier molecular flexibility index (Phi) is 4.07. The van der Waals surface area contributed by atoms with Crippen LogP contribution in [0.4, 0.5) is 0 Å². The Labute approximate surface area is 75.7 Å². The monoisotopic (exact) mass is 188 g/mol. The number of nitrogens with zero attached hydrogens (tertiary/aromatic N) is 1. The van der Waals surface area contributed by atoms with Crippen molar-refractivity contribution in [2.45, 2.75) is 6.42 Å². The first-order chi connectivity index (χ1) is 5.24. The zero-order valence-corrected chi connectivity index (χ0v) is 7.10. The van der Waals surface area contributed by atoms with Crippen LogP contribution in [0.15, 0.2) is 18.7 Å². The molecule has 0 aliphatic rings. The minimum atomic E-state index is -1.02. The highest BCUT2D eigenvalue weighted by molar-refractivity contribution is 5.85. The number of carboxylic acid groups (broad SMARTS) is 1. The molecule has 0 bridgehead atoms. The van der Waals surface area contributed by atoms with Crippen LogP contribution >= 0.6 is 12.4 Å². The Balaban J connectivity index is 0.00000121. The summed E-state index contributed by atoms with van der Waals surface area (Å²) in [6, 6.07) is 1.49. The molecular weight excluding hydrogens is 180 g/mol. The minimum absolute atomic E-state index is 0. The molecule has 0 saturated carbocycles. The number of rotatable bonds is 3. The fraction of sp³-hybridized carbons (Fsp3) is 0.143. The fourth-order valence-electron chi connectivity index (χ4n) is 0.731. The van der Waals surface area contributed by atoms with Crippen molar-refractivity contribution in [2.75, 3.05) is 0 Å².